The van der Waals surface area contributed by atoms with Crippen LogP contribution in [0.4, 0.5) is 0 Å². The number of rotatable bonds is 4. The number of aryl methyl sites for hydroxylation is 2. The van der Waals surface area contributed by atoms with Gasteiger partial charge in [-0.05, 0) is 19.9 Å². The van der Waals surface area contributed by atoms with Crippen LogP contribution in [-0.2, 0) is 11.3 Å². The molecule has 0 fully saturated rings. The zero-order valence-corrected chi connectivity index (χ0v) is 12.3. The summed E-state index contributed by atoms with van der Waals surface area (Å²) in [6.07, 6.45) is 0. The summed E-state index contributed by atoms with van der Waals surface area (Å²) in [5.74, 6) is 0.189. The van der Waals surface area contributed by atoms with E-state index in [0.717, 1.165) is 16.8 Å². The Morgan fingerprint density at radius 3 is 2.73 bits per heavy atom. The molecule has 6 nitrogen and oxygen atoms in total. The number of carbonyl (C=O) groups excluding carboxylic acids is 1. The molecule has 2 aromatic heterocycles. The molecule has 0 unspecified atom stereocenters. The van der Waals surface area contributed by atoms with Crippen LogP contribution in [0.5, 0.6) is 0 Å². The monoisotopic (exact) mass is 297 g/mol. The van der Waals surface area contributed by atoms with Crippen LogP contribution in [-0.4, -0.2) is 21.3 Å². The zero-order chi connectivity index (χ0) is 15.5. The van der Waals surface area contributed by atoms with Crippen LogP contribution < -0.4 is 0 Å². The molecule has 112 valence electrons. The van der Waals surface area contributed by atoms with E-state index in [9.17, 15) is 4.79 Å². The van der Waals surface area contributed by atoms with Crippen LogP contribution in [0.3, 0.4) is 0 Å². The minimum atomic E-state index is -0.463. The third-order valence-corrected chi connectivity index (χ3v) is 3.40. The Morgan fingerprint density at radius 2 is 2.05 bits per heavy atom. The summed E-state index contributed by atoms with van der Waals surface area (Å²) in [7, 11) is 0. The third-order valence-electron chi connectivity index (χ3n) is 3.40. The summed E-state index contributed by atoms with van der Waals surface area (Å²) in [6.45, 7) is 3.72. The van der Waals surface area contributed by atoms with Crippen molar-refractivity contribution >= 4 is 5.97 Å². The Labute approximate surface area is 127 Å². The molecule has 0 radical (unpaired) electrons. The maximum absolute atomic E-state index is 12.1. The molecular weight excluding hydrogens is 282 g/mol. The van der Waals surface area contributed by atoms with E-state index >= 15 is 0 Å². The minimum Gasteiger partial charge on any atom is -0.456 e. The molecule has 3 aromatic rings. The van der Waals surface area contributed by atoms with Gasteiger partial charge in [-0.3, -0.25) is 5.10 Å². The fourth-order valence-corrected chi connectivity index (χ4v) is 2.11. The lowest BCUT2D eigenvalue weighted by atomic mass is 10.1. The molecule has 0 amide bonds. The fraction of sp³-hybridized carbons (Fsp3) is 0.188. The first kappa shape index (κ1) is 14.1. The van der Waals surface area contributed by atoms with Gasteiger partial charge < -0.3 is 9.26 Å². The highest BCUT2D eigenvalue weighted by molar-refractivity contribution is 5.88. The standard InChI is InChI=1S/C16H15N3O3/c1-10-13(11(2)22-19-10)9-21-16(20)15-8-14(17-18-15)12-6-4-3-5-7-12/h3-8H,9H2,1-2H3,(H,17,18). The van der Waals surface area contributed by atoms with Crippen molar-refractivity contribution in [3.05, 3.63) is 59.1 Å². The first-order chi connectivity index (χ1) is 10.6. The van der Waals surface area contributed by atoms with Crippen LogP contribution in [0.1, 0.15) is 27.5 Å². The molecule has 22 heavy (non-hydrogen) atoms. The highest BCUT2D eigenvalue weighted by Crippen LogP contribution is 2.18. The Kier molecular flexibility index (Phi) is 3.74. The molecule has 6 heteroatoms. The molecule has 2 heterocycles. The van der Waals surface area contributed by atoms with Crippen LogP contribution in [0.15, 0.2) is 40.9 Å². The van der Waals surface area contributed by atoms with Gasteiger partial charge in [-0.15, -0.1) is 0 Å². The third kappa shape index (κ3) is 2.76. The molecule has 0 aliphatic rings. The average Bonchev–Trinajstić information content (AvgIpc) is 3.14. The highest BCUT2D eigenvalue weighted by atomic mass is 16.5. The number of nitrogens with zero attached hydrogens (tertiary/aromatic N) is 2. The maximum atomic E-state index is 12.1. The number of benzene rings is 1. The number of hydrogen-bond acceptors (Lipinski definition) is 5. The second kappa shape index (κ2) is 5.85. The van der Waals surface area contributed by atoms with Gasteiger partial charge in [0.1, 0.15) is 18.1 Å². The van der Waals surface area contributed by atoms with Crippen molar-refractivity contribution in [3.63, 3.8) is 0 Å². The lowest BCUT2D eigenvalue weighted by Gasteiger charge is -2.02. The van der Waals surface area contributed by atoms with Crippen molar-refractivity contribution in [2.75, 3.05) is 0 Å². The van der Waals surface area contributed by atoms with Gasteiger partial charge in [-0.25, -0.2) is 4.79 Å². The van der Waals surface area contributed by atoms with Gasteiger partial charge in [0.05, 0.1) is 17.0 Å². The first-order valence-corrected chi connectivity index (χ1v) is 6.85. The summed E-state index contributed by atoms with van der Waals surface area (Å²) < 4.78 is 10.3. The Balaban J connectivity index is 1.70. The van der Waals surface area contributed by atoms with E-state index in [4.69, 9.17) is 9.26 Å². The van der Waals surface area contributed by atoms with Crippen molar-refractivity contribution < 1.29 is 14.1 Å². The van der Waals surface area contributed by atoms with E-state index in [1.807, 2.05) is 37.3 Å². The first-order valence-electron chi connectivity index (χ1n) is 6.85. The smallest absolute Gasteiger partial charge is 0.356 e. The fourth-order valence-electron chi connectivity index (χ4n) is 2.11. The predicted octanol–water partition coefficient (Wildman–Crippen LogP) is 3.04. The molecular formula is C16H15N3O3. The van der Waals surface area contributed by atoms with E-state index in [1.54, 1.807) is 13.0 Å². The summed E-state index contributed by atoms with van der Waals surface area (Å²) in [5, 5.41) is 10.7. The van der Waals surface area contributed by atoms with Gasteiger partial charge in [-0.2, -0.15) is 5.10 Å². The molecule has 1 N–H and O–H groups in total. The largest absolute Gasteiger partial charge is 0.456 e. The topological polar surface area (TPSA) is 81.0 Å². The Bertz CT molecular complexity index is 771. The number of aromatic nitrogens is 3. The lowest BCUT2D eigenvalue weighted by Crippen LogP contribution is -2.06. The van der Waals surface area contributed by atoms with Crippen molar-refractivity contribution in [1.29, 1.82) is 0 Å². The number of nitrogens with one attached hydrogen (secondary N) is 1. The number of H-pyrrole nitrogens is 1. The average molecular weight is 297 g/mol. The number of esters is 1. The normalized spacial score (nSPS) is 10.6. The molecule has 1 aromatic carbocycles. The molecule has 0 saturated carbocycles. The van der Waals surface area contributed by atoms with Crippen LogP contribution >= 0.6 is 0 Å². The Morgan fingerprint density at radius 1 is 1.27 bits per heavy atom. The van der Waals surface area contributed by atoms with E-state index < -0.39 is 5.97 Å². The van der Waals surface area contributed by atoms with E-state index in [2.05, 4.69) is 15.4 Å². The molecule has 0 bridgehead atoms. The Hall–Kier alpha value is -2.89. The van der Waals surface area contributed by atoms with Gasteiger partial charge in [0.25, 0.3) is 0 Å². The second-order valence-corrected chi connectivity index (χ2v) is 4.91. The van der Waals surface area contributed by atoms with Crippen molar-refractivity contribution in [2.45, 2.75) is 20.5 Å². The second-order valence-electron chi connectivity index (χ2n) is 4.91. The zero-order valence-electron chi connectivity index (χ0n) is 12.3. The molecule has 0 saturated heterocycles. The summed E-state index contributed by atoms with van der Waals surface area (Å²) >= 11 is 0. The van der Waals surface area contributed by atoms with Gasteiger partial charge >= 0.3 is 5.97 Å². The van der Waals surface area contributed by atoms with Crippen molar-refractivity contribution in [2.24, 2.45) is 0 Å². The van der Waals surface area contributed by atoms with Gasteiger partial charge in [-0.1, -0.05) is 35.5 Å². The molecule has 3 rings (SSSR count). The van der Waals surface area contributed by atoms with Gasteiger partial charge in [0, 0.05) is 5.56 Å². The summed E-state index contributed by atoms with van der Waals surface area (Å²) in [5.41, 5.74) is 3.45. The summed E-state index contributed by atoms with van der Waals surface area (Å²) in [6, 6.07) is 11.3. The maximum Gasteiger partial charge on any atom is 0.356 e. The number of aromatic amines is 1. The predicted molar refractivity (Wildman–Crippen MR) is 79.1 cm³/mol. The van der Waals surface area contributed by atoms with Crippen LogP contribution in [0.25, 0.3) is 11.3 Å². The van der Waals surface area contributed by atoms with Gasteiger partial charge in [0.2, 0.25) is 0 Å². The van der Waals surface area contributed by atoms with E-state index in [1.165, 1.54) is 0 Å². The molecule has 0 aliphatic carbocycles. The SMILES string of the molecule is Cc1noc(C)c1COC(=O)c1cc(-c2ccccc2)n[nH]1. The van der Waals surface area contributed by atoms with E-state index in [0.29, 0.717) is 17.1 Å². The quantitative estimate of drug-likeness (QED) is 0.748. The lowest BCUT2D eigenvalue weighted by molar-refractivity contribution is 0.0464. The molecule has 0 spiro atoms. The molecule has 0 aliphatic heterocycles. The van der Waals surface area contributed by atoms with E-state index in [-0.39, 0.29) is 6.61 Å². The molecule has 0 atom stereocenters. The van der Waals surface area contributed by atoms with Gasteiger partial charge in [0.15, 0.2) is 0 Å². The number of hydrogen-bond donors (Lipinski definition) is 1. The number of carbonyl (C=O) groups is 1. The number of ether oxygens (including phenoxy) is 1. The highest BCUT2D eigenvalue weighted by Gasteiger charge is 2.15. The van der Waals surface area contributed by atoms with Crippen LogP contribution in [0.2, 0.25) is 0 Å². The van der Waals surface area contributed by atoms with Crippen molar-refractivity contribution in [1.82, 2.24) is 15.4 Å². The van der Waals surface area contributed by atoms with Crippen LogP contribution in [0, 0.1) is 13.8 Å². The minimum absolute atomic E-state index is 0.125. The van der Waals surface area contributed by atoms with Crippen molar-refractivity contribution in [3.8, 4) is 11.3 Å². The summed E-state index contributed by atoms with van der Waals surface area (Å²) in [4.78, 5) is 12.1.